The van der Waals surface area contributed by atoms with Crippen molar-refractivity contribution in [3.8, 4) is 0 Å². The van der Waals surface area contributed by atoms with Crippen molar-refractivity contribution in [2.45, 2.75) is 40.2 Å². The van der Waals surface area contributed by atoms with Crippen molar-refractivity contribution < 1.29 is 9.52 Å². The van der Waals surface area contributed by atoms with E-state index in [2.05, 4.69) is 25.2 Å². The van der Waals surface area contributed by atoms with E-state index in [1.165, 1.54) is 10.9 Å². The van der Waals surface area contributed by atoms with Crippen LogP contribution in [-0.4, -0.2) is 18.3 Å². The van der Waals surface area contributed by atoms with Crippen LogP contribution in [-0.2, 0) is 6.54 Å². The average Bonchev–Trinajstić information content (AvgIpc) is 2.73. The van der Waals surface area contributed by atoms with E-state index < -0.39 is 0 Å². The molecule has 0 unspecified atom stereocenters. The highest BCUT2D eigenvalue weighted by Gasteiger charge is 2.17. The molecule has 3 nitrogen and oxygen atoms in total. The molecule has 2 aromatic rings. The molecule has 2 rings (SSSR count). The van der Waals surface area contributed by atoms with Crippen LogP contribution < -0.4 is 5.32 Å². The average molecular weight is 275 g/mol. The maximum absolute atomic E-state index is 8.93. The minimum atomic E-state index is 0.205. The molecule has 0 bridgehead atoms. The predicted molar refractivity (Wildman–Crippen MR) is 82.8 cm³/mol. The van der Waals surface area contributed by atoms with Gasteiger partial charge in [0.15, 0.2) is 0 Å². The van der Waals surface area contributed by atoms with Crippen molar-refractivity contribution in [3.05, 3.63) is 35.6 Å². The van der Waals surface area contributed by atoms with Gasteiger partial charge in [-0.05, 0) is 31.2 Å². The van der Waals surface area contributed by atoms with E-state index in [0.29, 0.717) is 0 Å². The van der Waals surface area contributed by atoms with Gasteiger partial charge in [0, 0.05) is 30.6 Å². The minimum Gasteiger partial charge on any atom is -0.461 e. The van der Waals surface area contributed by atoms with E-state index in [0.717, 1.165) is 37.3 Å². The lowest BCUT2D eigenvalue weighted by atomic mass is 9.88. The monoisotopic (exact) mass is 275 g/mol. The van der Waals surface area contributed by atoms with Gasteiger partial charge in [-0.3, -0.25) is 0 Å². The molecule has 0 radical (unpaired) electrons. The Kier molecular flexibility index (Phi) is 4.84. The maximum Gasteiger partial charge on any atom is 0.134 e. The summed E-state index contributed by atoms with van der Waals surface area (Å²) in [6, 6.07) is 8.17. The van der Waals surface area contributed by atoms with Crippen molar-refractivity contribution in [2.24, 2.45) is 5.41 Å². The molecular weight excluding hydrogens is 250 g/mol. The van der Waals surface area contributed by atoms with E-state index in [4.69, 9.17) is 9.52 Å². The smallest absolute Gasteiger partial charge is 0.134 e. The molecule has 110 valence electrons. The zero-order valence-corrected chi connectivity index (χ0v) is 12.7. The first-order chi connectivity index (χ1) is 9.53. The lowest BCUT2D eigenvalue weighted by Crippen LogP contribution is -2.29. The second-order valence-electron chi connectivity index (χ2n) is 6.23. The Morgan fingerprint density at radius 2 is 2.00 bits per heavy atom. The van der Waals surface area contributed by atoms with Crippen LogP contribution in [0, 0.1) is 12.3 Å². The molecule has 1 heterocycles. The van der Waals surface area contributed by atoms with Crippen LogP contribution in [0.4, 0.5) is 0 Å². The highest BCUT2D eigenvalue weighted by molar-refractivity contribution is 5.82. The lowest BCUT2D eigenvalue weighted by Gasteiger charge is -2.24. The number of benzene rings is 1. The Balaban J connectivity index is 1.98. The number of aliphatic hydroxyl groups excluding tert-OH is 1. The van der Waals surface area contributed by atoms with Crippen LogP contribution in [0.1, 0.15) is 38.0 Å². The van der Waals surface area contributed by atoms with Gasteiger partial charge >= 0.3 is 0 Å². The molecular formula is C17H25NO2. The van der Waals surface area contributed by atoms with Gasteiger partial charge in [-0.1, -0.05) is 32.0 Å². The minimum absolute atomic E-state index is 0.205. The van der Waals surface area contributed by atoms with Gasteiger partial charge in [-0.25, -0.2) is 0 Å². The van der Waals surface area contributed by atoms with Gasteiger partial charge < -0.3 is 14.8 Å². The van der Waals surface area contributed by atoms with E-state index >= 15 is 0 Å². The number of aryl methyl sites for hydroxylation is 1. The first-order valence-corrected chi connectivity index (χ1v) is 7.32. The fourth-order valence-electron chi connectivity index (χ4n) is 2.61. The number of nitrogens with one attached hydrogen (secondary N) is 1. The number of aliphatic hydroxyl groups is 1. The van der Waals surface area contributed by atoms with E-state index in [1.807, 2.05) is 25.1 Å². The zero-order valence-electron chi connectivity index (χ0n) is 12.7. The Morgan fingerprint density at radius 3 is 2.75 bits per heavy atom. The second-order valence-corrected chi connectivity index (χ2v) is 6.23. The summed E-state index contributed by atoms with van der Waals surface area (Å²) in [5.74, 6) is 0.992. The highest BCUT2D eigenvalue weighted by atomic mass is 16.3. The molecule has 0 aliphatic heterocycles. The topological polar surface area (TPSA) is 45.4 Å². The summed E-state index contributed by atoms with van der Waals surface area (Å²) in [4.78, 5) is 0. The van der Waals surface area contributed by atoms with E-state index in [1.54, 1.807) is 0 Å². The number of para-hydroxylation sites is 1. The van der Waals surface area contributed by atoms with Gasteiger partial charge in [-0.2, -0.15) is 0 Å². The third-order valence-corrected chi connectivity index (χ3v) is 3.82. The molecule has 3 heteroatoms. The quantitative estimate of drug-likeness (QED) is 0.811. The van der Waals surface area contributed by atoms with Crippen LogP contribution >= 0.6 is 0 Å². The number of furan rings is 1. The van der Waals surface area contributed by atoms with Gasteiger partial charge in [0.2, 0.25) is 0 Å². The normalized spacial score (nSPS) is 12.2. The summed E-state index contributed by atoms with van der Waals surface area (Å²) in [5, 5.41) is 13.7. The molecule has 20 heavy (non-hydrogen) atoms. The number of hydrogen-bond donors (Lipinski definition) is 2. The van der Waals surface area contributed by atoms with E-state index in [9.17, 15) is 0 Å². The standard InChI is InChI=1S/C17H25NO2/c1-13-15(14-7-4-5-8-16(14)20-13)11-18-12-17(2,3)9-6-10-19/h4-5,7-8,18-19H,6,9-12H2,1-3H3. The van der Waals surface area contributed by atoms with Crippen LogP contribution in [0.3, 0.4) is 0 Å². The van der Waals surface area contributed by atoms with Crippen molar-refractivity contribution in [2.75, 3.05) is 13.2 Å². The number of fused-ring (bicyclic) bond motifs is 1. The third-order valence-electron chi connectivity index (χ3n) is 3.82. The first kappa shape index (κ1) is 15.1. The van der Waals surface area contributed by atoms with Crippen LogP contribution in [0.25, 0.3) is 11.0 Å². The van der Waals surface area contributed by atoms with Crippen molar-refractivity contribution >= 4 is 11.0 Å². The summed E-state index contributed by atoms with van der Waals surface area (Å²) in [7, 11) is 0. The molecule has 0 saturated carbocycles. The van der Waals surface area contributed by atoms with Gasteiger partial charge in [-0.15, -0.1) is 0 Å². The molecule has 1 aromatic heterocycles. The Labute approximate surface area is 121 Å². The molecule has 0 fully saturated rings. The number of rotatable bonds is 7. The van der Waals surface area contributed by atoms with Crippen LogP contribution in [0.5, 0.6) is 0 Å². The second kappa shape index (κ2) is 6.42. The van der Waals surface area contributed by atoms with Gasteiger partial charge in [0.05, 0.1) is 0 Å². The fourth-order valence-corrected chi connectivity index (χ4v) is 2.61. The summed E-state index contributed by atoms with van der Waals surface area (Å²) in [6.45, 7) is 8.52. The third kappa shape index (κ3) is 3.62. The highest BCUT2D eigenvalue weighted by Crippen LogP contribution is 2.26. The summed E-state index contributed by atoms with van der Waals surface area (Å²) in [6.07, 6.45) is 1.89. The lowest BCUT2D eigenvalue weighted by molar-refractivity contribution is 0.236. The predicted octanol–water partition coefficient (Wildman–Crippen LogP) is 3.63. The van der Waals surface area contributed by atoms with Crippen molar-refractivity contribution in [1.29, 1.82) is 0 Å². The molecule has 0 amide bonds. The van der Waals surface area contributed by atoms with Crippen molar-refractivity contribution in [1.82, 2.24) is 5.32 Å². The fraction of sp³-hybridized carbons (Fsp3) is 0.529. The molecule has 0 aliphatic rings. The van der Waals surface area contributed by atoms with Crippen molar-refractivity contribution in [3.63, 3.8) is 0 Å². The van der Waals surface area contributed by atoms with Crippen LogP contribution in [0.2, 0.25) is 0 Å². The molecule has 0 atom stereocenters. The largest absolute Gasteiger partial charge is 0.461 e. The Hall–Kier alpha value is -1.32. The molecule has 0 aliphatic carbocycles. The Morgan fingerprint density at radius 1 is 1.25 bits per heavy atom. The molecule has 2 N–H and O–H groups in total. The summed E-state index contributed by atoms with van der Waals surface area (Å²) >= 11 is 0. The summed E-state index contributed by atoms with van der Waals surface area (Å²) in [5.41, 5.74) is 2.41. The SMILES string of the molecule is Cc1oc2ccccc2c1CNCC(C)(C)CCCO. The molecule has 1 aromatic carbocycles. The first-order valence-electron chi connectivity index (χ1n) is 7.32. The summed E-state index contributed by atoms with van der Waals surface area (Å²) < 4.78 is 5.77. The maximum atomic E-state index is 8.93. The number of hydrogen-bond acceptors (Lipinski definition) is 3. The van der Waals surface area contributed by atoms with Gasteiger partial charge in [0.1, 0.15) is 11.3 Å². The van der Waals surface area contributed by atoms with Crippen LogP contribution in [0.15, 0.2) is 28.7 Å². The molecule has 0 spiro atoms. The Bertz CT molecular complexity index is 557. The van der Waals surface area contributed by atoms with E-state index in [-0.39, 0.29) is 12.0 Å². The zero-order chi connectivity index (χ0) is 14.6. The molecule has 0 saturated heterocycles. The van der Waals surface area contributed by atoms with Gasteiger partial charge in [0.25, 0.3) is 0 Å².